The quantitative estimate of drug-likeness (QED) is 0.618. The molecule has 2 aromatic carbocycles. The molecule has 0 aliphatic heterocycles. The first-order valence-corrected chi connectivity index (χ1v) is 8.35. The maximum atomic E-state index is 10.8. The van der Waals surface area contributed by atoms with Crippen LogP contribution >= 0.6 is 23.2 Å². The van der Waals surface area contributed by atoms with Gasteiger partial charge in [0.1, 0.15) is 11.5 Å². The highest BCUT2D eigenvalue weighted by atomic mass is 35.5. The molecule has 0 saturated heterocycles. The predicted molar refractivity (Wildman–Crippen MR) is 98.1 cm³/mol. The SMILES string of the molecule is O=C(O)c1ccc(CNCc2ccc(-c3ccc(Cl)cc3Cl)o2)cc1. The molecule has 128 valence electrons. The Balaban J connectivity index is 1.59. The van der Waals surface area contributed by atoms with E-state index in [1.807, 2.05) is 18.2 Å². The number of halogens is 2. The summed E-state index contributed by atoms with van der Waals surface area (Å²) in [4.78, 5) is 10.8. The van der Waals surface area contributed by atoms with E-state index in [4.69, 9.17) is 32.7 Å². The Morgan fingerprint density at radius 3 is 2.44 bits per heavy atom. The number of carboxylic acid groups (broad SMARTS) is 1. The fraction of sp³-hybridized carbons (Fsp3) is 0.105. The molecule has 0 saturated carbocycles. The number of hydrogen-bond donors (Lipinski definition) is 2. The van der Waals surface area contributed by atoms with Crippen LogP contribution in [0.1, 0.15) is 21.7 Å². The zero-order chi connectivity index (χ0) is 17.8. The van der Waals surface area contributed by atoms with Crippen LogP contribution in [-0.4, -0.2) is 11.1 Å². The van der Waals surface area contributed by atoms with Crippen LogP contribution in [0.5, 0.6) is 0 Å². The summed E-state index contributed by atoms with van der Waals surface area (Å²) in [7, 11) is 0. The molecule has 0 atom stereocenters. The van der Waals surface area contributed by atoms with Gasteiger partial charge in [0.2, 0.25) is 0 Å². The number of aromatic carboxylic acids is 1. The standard InChI is InChI=1S/C19H15Cl2NO3/c20-14-5-7-16(17(21)9-14)18-8-6-15(25-18)11-22-10-12-1-3-13(4-2-12)19(23)24/h1-9,22H,10-11H2,(H,23,24). The van der Waals surface area contributed by atoms with E-state index in [-0.39, 0.29) is 5.56 Å². The van der Waals surface area contributed by atoms with Gasteiger partial charge in [0.05, 0.1) is 17.1 Å². The molecule has 25 heavy (non-hydrogen) atoms. The summed E-state index contributed by atoms with van der Waals surface area (Å²) in [6.45, 7) is 1.16. The smallest absolute Gasteiger partial charge is 0.335 e. The summed E-state index contributed by atoms with van der Waals surface area (Å²) in [5.74, 6) is 0.538. The van der Waals surface area contributed by atoms with Crippen LogP contribution in [0.4, 0.5) is 0 Å². The minimum absolute atomic E-state index is 0.277. The molecule has 0 aliphatic carbocycles. The topological polar surface area (TPSA) is 62.5 Å². The first-order chi connectivity index (χ1) is 12.0. The van der Waals surface area contributed by atoms with E-state index in [1.165, 1.54) is 0 Å². The third kappa shape index (κ3) is 4.42. The van der Waals surface area contributed by atoms with Crippen molar-refractivity contribution in [2.75, 3.05) is 0 Å². The molecule has 1 aromatic heterocycles. The second-order valence-electron chi connectivity index (χ2n) is 5.50. The monoisotopic (exact) mass is 375 g/mol. The Kier molecular flexibility index (Phi) is 5.43. The molecule has 0 radical (unpaired) electrons. The zero-order valence-electron chi connectivity index (χ0n) is 13.1. The number of carboxylic acids is 1. The predicted octanol–water partition coefficient (Wildman–Crippen LogP) is 5.24. The van der Waals surface area contributed by atoms with E-state index >= 15 is 0 Å². The lowest BCUT2D eigenvalue weighted by atomic mass is 10.1. The Morgan fingerprint density at radius 2 is 1.76 bits per heavy atom. The van der Waals surface area contributed by atoms with E-state index in [0.717, 1.165) is 16.9 Å². The van der Waals surface area contributed by atoms with Crippen LogP contribution in [0.2, 0.25) is 10.0 Å². The average molecular weight is 376 g/mol. The Bertz CT molecular complexity index is 888. The van der Waals surface area contributed by atoms with Gasteiger partial charge >= 0.3 is 5.97 Å². The highest BCUT2D eigenvalue weighted by Gasteiger charge is 2.09. The van der Waals surface area contributed by atoms with Crippen molar-refractivity contribution in [3.63, 3.8) is 0 Å². The zero-order valence-corrected chi connectivity index (χ0v) is 14.6. The molecule has 4 nitrogen and oxygen atoms in total. The van der Waals surface area contributed by atoms with Crippen molar-refractivity contribution in [3.05, 3.63) is 81.5 Å². The molecular formula is C19H15Cl2NO3. The van der Waals surface area contributed by atoms with Gasteiger partial charge in [0.15, 0.2) is 0 Å². The largest absolute Gasteiger partial charge is 0.478 e. The normalized spacial score (nSPS) is 10.8. The number of nitrogens with one attached hydrogen (secondary N) is 1. The average Bonchev–Trinajstić information content (AvgIpc) is 3.04. The maximum Gasteiger partial charge on any atom is 0.335 e. The van der Waals surface area contributed by atoms with Crippen LogP contribution in [0.25, 0.3) is 11.3 Å². The number of rotatable bonds is 6. The molecule has 0 spiro atoms. The van der Waals surface area contributed by atoms with Gasteiger partial charge in [-0.2, -0.15) is 0 Å². The van der Waals surface area contributed by atoms with Crippen LogP contribution < -0.4 is 5.32 Å². The Morgan fingerprint density at radius 1 is 1.00 bits per heavy atom. The van der Waals surface area contributed by atoms with Crippen LogP contribution in [0.3, 0.4) is 0 Å². The van der Waals surface area contributed by atoms with E-state index in [1.54, 1.807) is 36.4 Å². The third-order valence-electron chi connectivity index (χ3n) is 3.69. The second-order valence-corrected chi connectivity index (χ2v) is 6.34. The van der Waals surface area contributed by atoms with Crippen molar-refractivity contribution in [1.29, 1.82) is 0 Å². The number of benzene rings is 2. The van der Waals surface area contributed by atoms with Gasteiger partial charge in [-0.15, -0.1) is 0 Å². The lowest BCUT2D eigenvalue weighted by Crippen LogP contribution is -2.12. The van der Waals surface area contributed by atoms with Crippen molar-refractivity contribution < 1.29 is 14.3 Å². The minimum atomic E-state index is -0.927. The van der Waals surface area contributed by atoms with Crippen molar-refractivity contribution in [2.24, 2.45) is 0 Å². The van der Waals surface area contributed by atoms with Gasteiger partial charge in [-0.05, 0) is 48.0 Å². The summed E-state index contributed by atoms with van der Waals surface area (Å²) in [5, 5.41) is 13.3. The van der Waals surface area contributed by atoms with Crippen LogP contribution in [-0.2, 0) is 13.1 Å². The summed E-state index contributed by atoms with van der Waals surface area (Å²) in [5.41, 5.74) is 2.07. The second kappa shape index (κ2) is 7.74. The summed E-state index contributed by atoms with van der Waals surface area (Å²) >= 11 is 12.1. The lowest BCUT2D eigenvalue weighted by Gasteiger charge is -2.04. The highest BCUT2D eigenvalue weighted by Crippen LogP contribution is 2.31. The molecule has 6 heteroatoms. The molecule has 3 rings (SSSR count). The molecular weight excluding hydrogens is 361 g/mol. The van der Waals surface area contributed by atoms with Gasteiger partial charge in [0.25, 0.3) is 0 Å². The van der Waals surface area contributed by atoms with Gasteiger partial charge in [0, 0.05) is 17.1 Å². The minimum Gasteiger partial charge on any atom is -0.478 e. The number of hydrogen-bond acceptors (Lipinski definition) is 3. The fourth-order valence-corrected chi connectivity index (χ4v) is 2.90. The lowest BCUT2D eigenvalue weighted by molar-refractivity contribution is 0.0697. The Hall–Kier alpha value is -2.27. The highest BCUT2D eigenvalue weighted by molar-refractivity contribution is 6.36. The summed E-state index contributed by atoms with van der Waals surface area (Å²) in [6, 6.07) is 15.8. The van der Waals surface area contributed by atoms with Crippen LogP contribution in [0.15, 0.2) is 59.0 Å². The third-order valence-corrected chi connectivity index (χ3v) is 4.24. The van der Waals surface area contributed by atoms with Crippen LogP contribution in [0, 0.1) is 0 Å². The van der Waals surface area contributed by atoms with E-state index in [0.29, 0.717) is 28.9 Å². The molecule has 2 N–H and O–H groups in total. The van der Waals surface area contributed by atoms with Crippen molar-refractivity contribution in [2.45, 2.75) is 13.1 Å². The Labute approximate surface area is 155 Å². The fourth-order valence-electron chi connectivity index (χ4n) is 2.40. The van der Waals surface area contributed by atoms with Gasteiger partial charge in [-0.3, -0.25) is 0 Å². The van der Waals surface area contributed by atoms with Crippen molar-refractivity contribution >= 4 is 29.2 Å². The van der Waals surface area contributed by atoms with Gasteiger partial charge < -0.3 is 14.8 Å². The van der Waals surface area contributed by atoms with Crippen molar-refractivity contribution in [1.82, 2.24) is 5.32 Å². The molecule has 0 aliphatic rings. The van der Waals surface area contributed by atoms with E-state index < -0.39 is 5.97 Å². The first-order valence-electron chi connectivity index (χ1n) is 7.60. The maximum absolute atomic E-state index is 10.8. The summed E-state index contributed by atoms with van der Waals surface area (Å²) in [6.07, 6.45) is 0. The molecule has 0 amide bonds. The number of carbonyl (C=O) groups is 1. The van der Waals surface area contributed by atoms with E-state index in [2.05, 4.69) is 5.32 Å². The summed E-state index contributed by atoms with van der Waals surface area (Å²) < 4.78 is 5.81. The molecule has 3 aromatic rings. The van der Waals surface area contributed by atoms with E-state index in [9.17, 15) is 4.79 Å². The number of furan rings is 1. The molecule has 0 bridgehead atoms. The van der Waals surface area contributed by atoms with Gasteiger partial charge in [-0.25, -0.2) is 4.79 Å². The molecule has 0 unspecified atom stereocenters. The molecule has 0 fully saturated rings. The van der Waals surface area contributed by atoms with Crippen molar-refractivity contribution in [3.8, 4) is 11.3 Å². The first kappa shape index (κ1) is 17.5. The van der Waals surface area contributed by atoms with Gasteiger partial charge in [-0.1, -0.05) is 35.3 Å². The molecule has 1 heterocycles.